The number of carbonyl (C=O) groups is 1. The second-order valence-corrected chi connectivity index (χ2v) is 12.1. The van der Waals surface area contributed by atoms with Gasteiger partial charge in [-0.1, -0.05) is 36.4 Å². The summed E-state index contributed by atoms with van der Waals surface area (Å²) >= 11 is 0. The van der Waals surface area contributed by atoms with Crippen LogP contribution in [0.2, 0.25) is 0 Å². The van der Waals surface area contributed by atoms with E-state index in [-0.39, 0.29) is 29.5 Å². The Labute approximate surface area is 245 Å². The van der Waals surface area contributed by atoms with Crippen LogP contribution in [0.5, 0.6) is 5.75 Å². The molecule has 3 aromatic carbocycles. The molecule has 222 valence electrons. The fourth-order valence-corrected chi connectivity index (χ4v) is 6.36. The van der Waals surface area contributed by atoms with Crippen molar-refractivity contribution >= 4 is 11.5 Å². The third kappa shape index (κ3) is 6.57. The molecule has 1 heterocycles. The molecular formula is C35H38F3NO3. The summed E-state index contributed by atoms with van der Waals surface area (Å²) in [4.78, 5) is 12.9. The molecule has 42 heavy (non-hydrogen) atoms. The number of carboxylic acids is 1. The second kappa shape index (κ2) is 12.3. The van der Waals surface area contributed by atoms with Crippen molar-refractivity contribution < 1.29 is 27.8 Å². The van der Waals surface area contributed by atoms with Gasteiger partial charge in [0.05, 0.1) is 18.2 Å². The molecule has 2 aliphatic rings. The minimum absolute atomic E-state index is 0.0487. The molecule has 2 atom stereocenters. The largest absolute Gasteiger partial charge is 0.493 e. The van der Waals surface area contributed by atoms with Gasteiger partial charge >= 0.3 is 5.97 Å². The monoisotopic (exact) mass is 577 g/mol. The molecule has 1 N–H and O–H groups in total. The number of hydrogen-bond donors (Lipinski definition) is 1. The highest BCUT2D eigenvalue weighted by molar-refractivity contribution is 5.87. The average Bonchev–Trinajstić information content (AvgIpc) is 3.29. The predicted molar refractivity (Wildman–Crippen MR) is 159 cm³/mol. The zero-order chi connectivity index (χ0) is 30.0. The molecule has 1 aliphatic carbocycles. The molecule has 0 amide bonds. The van der Waals surface area contributed by atoms with E-state index in [4.69, 9.17) is 9.84 Å². The smallest absolute Gasteiger partial charge is 0.335 e. The number of hydrogen-bond acceptors (Lipinski definition) is 3. The highest BCUT2D eigenvalue weighted by Crippen LogP contribution is 2.50. The standard InChI is InChI=1S/C35H38F3NO3/c1-22-17-28-27-11-7-6-10-25(27)18-29(28)33(39(22)21-35(2,3)38)32-30(36)19-26(20-31(32)37)42-16-8-4-5-9-23-12-14-24(15-13-23)34(40)41/h6-7,10-15,19-20,22,33H,4-5,8-9,16-18,21H2,1-3H3,(H,40,41)/t22-,33+/m1/s1. The highest BCUT2D eigenvalue weighted by Gasteiger charge is 2.42. The van der Waals surface area contributed by atoms with Crippen LogP contribution < -0.4 is 4.74 Å². The van der Waals surface area contributed by atoms with Gasteiger partial charge in [0.2, 0.25) is 0 Å². The Bertz CT molecular complexity index is 1450. The summed E-state index contributed by atoms with van der Waals surface area (Å²) in [5.74, 6) is -2.17. The van der Waals surface area contributed by atoms with E-state index in [0.29, 0.717) is 25.9 Å². The molecule has 7 heteroatoms. The van der Waals surface area contributed by atoms with Crippen molar-refractivity contribution in [2.75, 3.05) is 13.2 Å². The predicted octanol–water partition coefficient (Wildman–Crippen LogP) is 8.35. The first kappa shape index (κ1) is 29.9. The lowest BCUT2D eigenvalue weighted by molar-refractivity contribution is 0.0676. The molecule has 3 aromatic rings. The summed E-state index contributed by atoms with van der Waals surface area (Å²) in [6.45, 7) is 5.39. The lowest BCUT2D eigenvalue weighted by atomic mass is 9.84. The fourth-order valence-electron chi connectivity index (χ4n) is 6.36. The average molecular weight is 578 g/mol. The lowest BCUT2D eigenvalue weighted by Gasteiger charge is -2.44. The maximum Gasteiger partial charge on any atom is 0.335 e. The van der Waals surface area contributed by atoms with Crippen LogP contribution in [0.4, 0.5) is 13.2 Å². The summed E-state index contributed by atoms with van der Waals surface area (Å²) in [6.07, 6.45) is 4.56. The molecule has 1 aliphatic heterocycles. The van der Waals surface area contributed by atoms with E-state index in [2.05, 4.69) is 12.1 Å². The Morgan fingerprint density at radius 3 is 2.38 bits per heavy atom. The number of rotatable bonds is 11. The molecule has 0 saturated heterocycles. The zero-order valence-electron chi connectivity index (χ0n) is 24.4. The van der Waals surface area contributed by atoms with Crippen LogP contribution in [0.15, 0.2) is 66.2 Å². The van der Waals surface area contributed by atoms with Gasteiger partial charge in [0.15, 0.2) is 0 Å². The number of alkyl halides is 1. The normalized spacial score (nSPS) is 18.6. The fraction of sp³-hybridized carbons (Fsp3) is 0.400. The van der Waals surface area contributed by atoms with Gasteiger partial charge < -0.3 is 9.84 Å². The SMILES string of the molecule is C[C@@H]1CC2=C(Cc3ccccc32)[C@@H](c2c(F)cc(OCCCCCc3ccc(C(=O)O)cc3)cc2F)N1CC(C)(C)F. The number of carboxylic acid groups (broad SMARTS) is 1. The number of unbranched alkanes of at least 4 members (excludes halogenated alkanes) is 2. The second-order valence-electron chi connectivity index (χ2n) is 12.1. The minimum atomic E-state index is -1.53. The van der Waals surface area contributed by atoms with Crippen LogP contribution >= 0.6 is 0 Å². The first-order valence-electron chi connectivity index (χ1n) is 14.7. The molecule has 0 radical (unpaired) electrons. The van der Waals surface area contributed by atoms with Crippen LogP contribution in [0, 0.1) is 11.6 Å². The van der Waals surface area contributed by atoms with Crippen LogP contribution in [0.25, 0.3) is 5.57 Å². The summed E-state index contributed by atoms with van der Waals surface area (Å²) in [5, 5.41) is 9.01. The number of benzene rings is 3. The van der Waals surface area contributed by atoms with Gasteiger partial charge in [0.25, 0.3) is 0 Å². The Balaban J connectivity index is 1.27. The molecule has 0 fully saturated rings. The van der Waals surface area contributed by atoms with Crippen molar-refractivity contribution in [1.29, 1.82) is 0 Å². The molecule has 0 bridgehead atoms. The molecule has 0 aromatic heterocycles. The number of ether oxygens (including phenoxy) is 1. The highest BCUT2D eigenvalue weighted by atomic mass is 19.1. The Hall–Kier alpha value is -3.58. The van der Waals surface area contributed by atoms with Crippen molar-refractivity contribution in [1.82, 2.24) is 4.90 Å². The summed E-state index contributed by atoms with van der Waals surface area (Å²) < 4.78 is 52.4. The van der Waals surface area contributed by atoms with E-state index in [1.54, 1.807) is 12.1 Å². The van der Waals surface area contributed by atoms with Crippen LogP contribution in [0.3, 0.4) is 0 Å². The number of aromatic carboxylic acids is 1. The number of nitrogens with zero attached hydrogens (tertiary/aromatic N) is 1. The lowest BCUT2D eigenvalue weighted by Crippen LogP contribution is -2.47. The molecule has 0 unspecified atom stereocenters. The van der Waals surface area contributed by atoms with E-state index in [9.17, 15) is 9.18 Å². The van der Waals surface area contributed by atoms with Gasteiger partial charge in [-0.15, -0.1) is 0 Å². The first-order valence-corrected chi connectivity index (χ1v) is 14.7. The van der Waals surface area contributed by atoms with Crippen molar-refractivity contribution in [3.63, 3.8) is 0 Å². The molecule has 5 rings (SSSR count). The zero-order valence-corrected chi connectivity index (χ0v) is 24.4. The van der Waals surface area contributed by atoms with Gasteiger partial charge in [-0.05, 0) is 99.3 Å². The third-order valence-corrected chi connectivity index (χ3v) is 8.30. The molecular weight excluding hydrogens is 539 g/mol. The van der Waals surface area contributed by atoms with Gasteiger partial charge in [-0.25, -0.2) is 18.0 Å². The Kier molecular flexibility index (Phi) is 8.78. The summed E-state index contributed by atoms with van der Waals surface area (Å²) in [7, 11) is 0. The van der Waals surface area contributed by atoms with Gasteiger partial charge in [-0.3, -0.25) is 4.90 Å². The Morgan fingerprint density at radius 1 is 1.02 bits per heavy atom. The van der Waals surface area contributed by atoms with Crippen LogP contribution in [-0.4, -0.2) is 40.8 Å². The van der Waals surface area contributed by atoms with E-state index < -0.39 is 29.3 Å². The molecule has 4 nitrogen and oxygen atoms in total. The van der Waals surface area contributed by atoms with E-state index in [1.807, 2.05) is 36.1 Å². The molecule has 0 saturated carbocycles. The van der Waals surface area contributed by atoms with E-state index >= 15 is 8.78 Å². The number of halogens is 3. The Morgan fingerprint density at radius 2 is 1.71 bits per heavy atom. The quantitative estimate of drug-likeness (QED) is 0.233. The van der Waals surface area contributed by atoms with E-state index in [1.165, 1.54) is 26.0 Å². The molecule has 0 spiro atoms. The minimum Gasteiger partial charge on any atom is -0.493 e. The number of fused-ring (bicyclic) bond motifs is 2. The first-order chi connectivity index (χ1) is 20.0. The summed E-state index contributed by atoms with van der Waals surface area (Å²) in [6, 6.07) is 16.6. The van der Waals surface area contributed by atoms with E-state index in [0.717, 1.165) is 47.1 Å². The van der Waals surface area contributed by atoms with Crippen molar-refractivity contribution in [2.24, 2.45) is 0 Å². The van der Waals surface area contributed by atoms with Gasteiger partial charge in [0, 0.05) is 30.3 Å². The van der Waals surface area contributed by atoms with Crippen molar-refractivity contribution in [2.45, 2.75) is 77.0 Å². The number of aryl methyl sites for hydroxylation is 1. The maximum atomic E-state index is 15.8. The van der Waals surface area contributed by atoms with Crippen molar-refractivity contribution in [3.05, 3.63) is 106 Å². The van der Waals surface area contributed by atoms with Gasteiger partial charge in [-0.2, -0.15) is 0 Å². The van der Waals surface area contributed by atoms with Gasteiger partial charge in [0.1, 0.15) is 23.1 Å². The van der Waals surface area contributed by atoms with Crippen LogP contribution in [-0.2, 0) is 12.8 Å². The van der Waals surface area contributed by atoms with Crippen LogP contribution in [0.1, 0.15) is 85.1 Å². The maximum absolute atomic E-state index is 15.8. The topological polar surface area (TPSA) is 49.8 Å². The van der Waals surface area contributed by atoms with Crippen molar-refractivity contribution in [3.8, 4) is 5.75 Å². The summed E-state index contributed by atoms with van der Waals surface area (Å²) in [5.41, 5.74) is 4.07. The third-order valence-electron chi connectivity index (χ3n) is 8.30.